The molecule has 2 unspecified atom stereocenters. The second-order valence-electron chi connectivity index (χ2n) is 3.54. The number of hydrogen-bond acceptors (Lipinski definition) is 3. The first-order chi connectivity index (χ1) is 5.90. The fraction of sp³-hybridized carbons (Fsp3) is 0.778. The molecule has 66 valence electrons. The Morgan fingerprint density at radius 3 is 3.00 bits per heavy atom. The average molecular weight is 168 g/mol. The molecule has 3 saturated heterocycles. The van der Waals surface area contributed by atoms with E-state index in [4.69, 9.17) is 14.2 Å². The van der Waals surface area contributed by atoms with Gasteiger partial charge in [-0.3, -0.25) is 0 Å². The van der Waals surface area contributed by atoms with Crippen LogP contribution in [0.3, 0.4) is 0 Å². The molecule has 0 aromatic heterocycles. The van der Waals surface area contributed by atoms with Gasteiger partial charge in [0.2, 0.25) is 0 Å². The van der Waals surface area contributed by atoms with Crippen LogP contribution in [0.4, 0.5) is 0 Å². The smallest absolute Gasteiger partial charge is 0.186 e. The summed E-state index contributed by atoms with van der Waals surface area (Å²) in [5.41, 5.74) is 0. The van der Waals surface area contributed by atoms with E-state index < -0.39 is 0 Å². The SMILES string of the molecule is C/C=C/[C@H]1C2CO[C@@H](O2)C2O[C@H]21. The molecule has 0 aromatic rings. The monoisotopic (exact) mass is 168 g/mol. The highest BCUT2D eigenvalue weighted by Gasteiger charge is 2.60. The molecule has 3 aliphatic heterocycles. The van der Waals surface area contributed by atoms with Gasteiger partial charge >= 0.3 is 0 Å². The molecule has 3 fully saturated rings. The first kappa shape index (κ1) is 7.06. The van der Waals surface area contributed by atoms with Crippen LogP contribution < -0.4 is 0 Å². The molecule has 0 radical (unpaired) electrons. The number of allylic oxidation sites excluding steroid dienone is 1. The van der Waals surface area contributed by atoms with Crippen LogP contribution in [-0.2, 0) is 14.2 Å². The minimum Gasteiger partial charge on any atom is -0.363 e. The lowest BCUT2D eigenvalue weighted by atomic mass is 9.95. The van der Waals surface area contributed by atoms with E-state index in [2.05, 4.69) is 12.2 Å². The zero-order valence-electron chi connectivity index (χ0n) is 6.97. The predicted octanol–water partition coefficient (Wildman–Crippen LogP) is 0.701. The third kappa shape index (κ3) is 0.815. The molecular weight excluding hydrogens is 156 g/mol. The molecule has 0 saturated carbocycles. The van der Waals surface area contributed by atoms with E-state index in [1.807, 2.05) is 6.92 Å². The maximum atomic E-state index is 5.62. The normalized spacial score (nSPS) is 55.9. The van der Waals surface area contributed by atoms with E-state index in [1.165, 1.54) is 0 Å². The molecule has 3 heteroatoms. The van der Waals surface area contributed by atoms with Gasteiger partial charge in [-0.15, -0.1) is 0 Å². The van der Waals surface area contributed by atoms with Gasteiger partial charge in [-0.2, -0.15) is 0 Å². The topological polar surface area (TPSA) is 31.0 Å². The van der Waals surface area contributed by atoms with Crippen molar-refractivity contribution in [1.82, 2.24) is 0 Å². The lowest BCUT2D eigenvalue weighted by Crippen LogP contribution is -2.34. The van der Waals surface area contributed by atoms with Crippen molar-refractivity contribution in [3.05, 3.63) is 12.2 Å². The van der Waals surface area contributed by atoms with Crippen molar-refractivity contribution in [2.45, 2.75) is 31.5 Å². The molecule has 3 aliphatic rings. The van der Waals surface area contributed by atoms with E-state index in [0.29, 0.717) is 12.0 Å². The third-order valence-electron chi connectivity index (χ3n) is 2.79. The zero-order chi connectivity index (χ0) is 8.13. The Kier molecular flexibility index (Phi) is 1.36. The standard InChI is InChI=1S/C9H12O3/c1-2-3-5-6-4-10-9(11-6)8-7(5)12-8/h2-3,5-9H,4H2,1H3/b3-2+/t5-,6?,7-,8?,9-/m0/s1. The Hall–Kier alpha value is -0.380. The molecule has 0 aliphatic carbocycles. The maximum absolute atomic E-state index is 5.62. The van der Waals surface area contributed by atoms with Gasteiger partial charge in [0.05, 0.1) is 18.8 Å². The van der Waals surface area contributed by atoms with Crippen LogP contribution in [-0.4, -0.2) is 31.2 Å². The zero-order valence-corrected chi connectivity index (χ0v) is 6.97. The Morgan fingerprint density at radius 1 is 1.25 bits per heavy atom. The third-order valence-corrected chi connectivity index (χ3v) is 2.79. The summed E-state index contributed by atoms with van der Waals surface area (Å²) >= 11 is 0. The Morgan fingerprint density at radius 2 is 2.17 bits per heavy atom. The molecule has 2 bridgehead atoms. The van der Waals surface area contributed by atoms with Gasteiger partial charge in [-0.25, -0.2) is 0 Å². The molecule has 5 atom stereocenters. The first-order valence-electron chi connectivity index (χ1n) is 4.45. The molecule has 12 heavy (non-hydrogen) atoms. The molecule has 0 aromatic carbocycles. The molecule has 3 rings (SSSR count). The molecular formula is C9H12O3. The summed E-state index contributed by atoms with van der Waals surface area (Å²) in [5, 5.41) is 0. The van der Waals surface area contributed by atoms with Crippen molar-refractivity contribution in [3.63, 3.8) is 0 Å². The van der Waals surface area contributed by atoms with Crippen LogP contribution in [0, 0.1) is 5.92 Å². The van der Waals surface area contributed by atoms with Crippen molar-refractivity contribution in [2.24, 2.45) is 5.92 Å². The minimum absolute atomic E-state index is 0.0680. The summed E-state index contributed by atoms with van der Waals surface area (Å²) < 4.78 is 16.5. The highest BCUT2D eigenvalue weighted by molar-refractivity contribution is 5.09. The maximum Gasteiger partial charge on any atom is 0.186 e. The van der Waals surface area contributed by atoms with E-state index >= 15 is 0 Å². The second-order valence-corrected chi connectivity index (χ2v) is 3.54. The summed E-state index contributed by atoms with van der Waals surface area (Å²) in [6.07, 6.45) is 4.97. The second kappa shape index (κ2) is 2.31. The number of fused-ring (bicyclic) bond motifs is 4. The molecule has 0 N–H and O–H groups in total. The van der Waals surface area contributed by atoms with E-state index in [-0.39, 0.29) is 18.5 Å². The predicted molar refractivity (Wildman–Crippen MR) is 41.6 cm³/mol. The van der Waals surface area contributed by atoms with Crippen molar-refractivity contribution in [2.75, 3.05) is 6.61 Å². The van der Waals surface area contributed by atoms with Gasteiger partial charge in [0.1, 0.15) is 6.10 Å². The highest BCUT2D eigenvalue weighted by atomic mass is 16.8. The summed E-state index contributed by atoms with van der Waals surface area (Å²) in [7, 11) is 0. The van der Waals surface area contributed by atoms with Crippen LogP contribution in [0.25, 0.3) is 0 Å². The van der Waals surface area contributed by atoms with Gasteiger partial charge in [0, 0.05) is 5.92 Å². The van der Waals surface area contributed by atoms with Crippen molar-refractivity contribution in [3.8, 4) is 0 Å². The average Bonchev–Trinajstić information content (AvgIpc) is 2.75. The molecule has 0 spiro atoms. The van der Waals surface area contributed by atoms with Crippen LogP contribution in [0.15, 0.2) is 12.2 Å². The van der Waals surface area contributed by atoms with Crippen LogP contribution >= 0.6 is 0 Å². The Bertz CT molecular complexity index is 226. The van der Waals surface area contributed by atoms with Gasteiger partial charge in [0.25, 0.3) is 0 Å². The van der Waals surface area contributed by atoms with Crippen molar-refractivity contribution >= 4 is 0 Å². The van der Waals surface area contributed by atoms with Gasteiger partial charge in [0.15, 0.2) is 6.29 Å². The largest absolute Gasteiger partial charge is 0.363 e. The van der Waals surface area contributed by atoms with E-state index in [9.17, 15) is 0 Å². The van der Waals surface area contributed by atoms with Crippen molar-refractivity contribution in [1.29, 1.82) is 0 Å². The summed E-state index contributed by atoms with van der Waals surface area (Å²) in [5.74, 6) is 0.416. The van der Waals surface area contributed by atoms with E-state index in [1.54, 1.807) is 0 Å². The number of ether oxygens (including phenoxy) is 3. The fourth-order valence-corrected chi connectivity index (χ4v) is 2.15. The lowest BCUT2D eigenvalue weighted by molar-refractivity contribution is -0.0846. The first-order valence-corrected chi connectivity index (χ1v) is 4.45. The van der Waals surface area contributed by atoms with Crippen LogP contribution in [0.1, 0.15) is 6.92 Å². The molecule has 0 amide bonds. The molecule has 3 heterocycles. The lowest BCUT2D eigenvalue weighted by Gasteiger charge is -2.20. The number of epoxide rings is 1. The summed E-state index contributed by atoms with van der Waals surface area (Å²) in [4.78, 5) is 0. The Balaban J connectivity index is 1.85. The fourth-order valence-electron chi connectivity index (χ4n) is 2.15. The quantitative estimate of drug-likeness (QED) is 0.426. The van der Waals surface area contributed by atoms with Crippen LogP contribution in [0.5, 0.6) is 0 Å². The van der Waals surface area contributed by atoms with Gasteiger partial charge < -0.3 is 14.2 Å². The number of rotatable bonds is 1. The van der Waals surface area contributed by atoms with Gasteiger partial charge in [-0.05, 0) is 6.92 Å². The Labute approximate surface area is 71.3 Å². The summed E-state index contributed by atoms with van der Waals surface area (Å²) in [6, 6.07) is 0. The van der Waals surface area contributed by atoms with Gasteiger partial charge in [-0.1, -0.05) is 12.2 Å². The van der Waals surface area contributed by atoms with E-state index in [0.717, 1.165) is 6.61 Å². The van der Waals surface area contributed by atoms with Crippen molar-refractivity contribution < 1.29 is 14.2 Å². The molecule has 3 nitrogen and oxygen atoms in total. The summed E-state index contributed by atoms with van der Waals surface area (Å²) in [6.45, 7) is 2.76. The van der Waals surface area contributed by atoms with Crippen LogP contribution in [0.2, 0.25) is 0 Å². The minimum atomic E-state index is -0.0680. The number of hydrogen-bond donors (Lipinski definition) is 0. The highest BCUT2D eigenvalue weighted by Crippen LogP contribution is 2.45.